The van der Waals surface area contributed by atoms with Gasteiger partial charge in [-0.05, 0) is 33.5 Å². The van der Waals surface area contributed by atoms with Crippen LogP contribution in [0.4, 0.5) is 0 Å². The lowest BCUT2D eigenvalue weighted by Gasteiger charge is -2.26. The number of hydrogen-bond acceptors (Lipinski definition) is 2. The molecule has 0 saturated heterocycles. The Labute approximate surface area is 99.8 Å². The number of hydrogen-bond donors (Lipinski definition) is 1. The maximum absolute atomic E-state index is 6.04. The lowest BCUT2D eigenvalue weighted by molar-refractivity contribution is 0.321. The van der Waals surface area contributed by atoms with Gasteiger partial charge in [-0.15, -0.1) is 12.4 Å². The largest absolute Gasteiger partial charge is 0.322 e. The fraction of sp³-hybridized carbons (Fsp3) is 0.500. The average Bonchev–Trinajstić information content (AvgIpc) is 2.03. The van der Waals surface area contributed by atoms with E-state index < -0.39 is 0 Å². The molecule has 14 heavy (non-hydrogen) atoms. The van der Waals surface area contributed by atoms with Gasteiger partial charge in [-0.3, -0.25) is 4.98 Å². The Kier molecular flexibility index (Phi) is 5.06. The Hall–Kier alpha value is -0.120. The van der Waals surface area contributed by atoms with Crippen LogP contribution in [-0.4, -0.2) is 4.98 Å². The minimum absolute atomic E-state index is 0. The Morgan fingerprint density at radius 3 is 2.29 bits per heavy atom. The van der Waals surface area contributed by atoms with Crippen molar-refractivity contribution < 1.29 is 0 Å². The number of aromatic nitrogens is 1. The summed E-state index contributed by atoms with van der Waals surface area (Å²) in [5, 5.41) is 0. The quantitative estimate of drug-likeness (QED) is 0.856. The van der Waals surface area contributed by atoms with Crippen molar-refractivity contribution in [1.29, 1.82) is 0 Å². The van der Waals surface area contributed by atoms with Crippen molar-refractivity contribution in [3.8, 4) is 0 Å². The molecule has 1 aromatic rings. The molecule has 1 aromatic heterocycles. The van der Waals surface area contributed by atoms with E-state index >= 15 is 0 Å². The Morgan fingerprint density at radius 2 is 1.93 bits per heavy atom. The number of rotatable bonds is 1. The van der Waals surface area contributed by atoms with Gasteiger partial charge in [0.2, 0.25) is 0 Å². The average molecular weight is 280 g/mol. The van der Waals surface area contributed by atoms with Crippen LogP contribution in [0.25, 0.3) is 0 Å². The third-order valence-electron chi connectivity index (χ3n) is 2.00. The van der Waals surface area contributed by atoms with Crippen molar-refractivity contribution in [1.82, 2.24) is 4.98 Å². The summed E-state index contributed by atoms with van der Waals surface area (Å²) in [5.41, 5.74) is 7.04. The van der Waals surface area contributed by atoms with Crippen LogP contribution in [0.1, 0.15) is 32.5 Å². The van der Waals surface area contributed by atoms with E-state index in [-0.39, 0.29) is 23.9 Å². The molecular formula is C10H16BrClN2. The first kappa shape index (κ1) is 13.9. The Bertz CT molecular complexity index is 279. The predicted molar refractivity (Wildman–Crippen MR) is 65.6 cm³/mol. The van der Waals surface area contributed by atoms with Crippen molar-refractivity contribution in [2.75, 3.05) is 0 Å². The van der Waals surface area contributed by atoms with Crippen LogP contribution in [0.15, 0.2) is 22.8 Å². The number of pyridine rings is 1. The minimum Gasteiger partial charge on any atom is -0.322 e. The number of nitrogens with zero attached hydrogens (tertiary/aromatic N) is 1. The molecule has 0 saturated carbocycles. The van der Waals surface area contributed by atoms with Crippen molar-refractivity contribution >= 4 is 28.3 Å². The molecule has 4 heteroatoms. The van der Waals surface area contributed by atoms with E-state index in [9.17, 15) is 0 Å². The van der Waals surface area contributed by atoms with Crippen molar-refractivity contribution in [3.63, 3.8) is 0 Å². The highest BCUT2D eigenvalue weighted by Crippen LogP contribution is 2.29. The SMILES string of the molecule is CC(C)(C)[C@H](N)c1ccc(Br)cn1.Cl. The molecule has 1 heterocycles. The minimum atomic E-state index is -0.0133. The molecule has 0 aliphatic carbocycles. The van der Waals surface area contributed by atoms with Gasteiger partial charge in [-0.2, -0.15) is 0 Å². The van der Waals surface area contributed by atoms with Gasteiger partial charge in [0.25, 0.3) is 0 Å². The van der Waals surface area contributed by atoms with Gasteiger partial charge in [0.1, 0.15) is 0 Å². The molecular weight excluding hydrogens is 263 g/mol. The zero-order valence-corrected chi connectivity index (χ0v) is 11.0. The summed E-state index contributed by atoms with van der Waals surface area (Å²) in [7, 11) is 0. The van der Waals surface area contributed by atoms with Crippen LogP contribution in [-0.2, 0) is 0 Å². The zero-order chi connectivity index (χ0) is 10.1. The topological polar surface area (TPSA) is 38.9 Å². The highest BCUT2D eigenvalue weighted by atomic mass is 79.9. The van der Waals surface area contributed by atoms with E-state index in [2.05, 4.69) is 41.7 Å². The normalized spacial score (nSPS) is 13.2. The second kappa shape index (κ2) is 5.10. The Morgan fingerprint density at radius 1 is 1.36 bits per heavy atom. The first-order chi connectivity index (χ1) is 5.91. The molecule has 0 fully saturated rings. The van der Waals surface area contributed by atoms with Gasteiger partial charge in [0.15, 0.2) is 0 Å². The summed E-state index contributed by atoms with van der Waals surface area (Å²) in [4.78, 5) is 4.27. The fourth-order valence-electron chi connectivity index (χ4n) is 1.01. The van der Waals surface area contributed by atoms with E-state index in [0.717, 1.165) is 10.2 Å². The van der Waals surface area contributed by atoms with Crippen molar-refractivity contribution in [2.24, 2.45) is 11.1 Å². The third-order valence-corrected chi connectivity index (χ3v) is 2.47. The van der Waals surface area contributed by atoms with Gasteiger partial charge >= 0.3 is 0 Å². The molecule has 0 amide bonds. The van der Waals surface area contributed by atoms with Crippen LogP contribution >= 0.6 is 28.3 Å². The summed E-state index contributed by atoms with van der Waals surface area (Å²) in [5.74, 6) is 0. The lowest BCUT2D eigenvalue weighted by Crippen LogP contribution is -2.26. The summed E-state index contributed by atoms with van der Waals surface area (Å²) >= 11 is 3.34. The van der Waals surface area contributed by atoms with Crippen LogP contribution in [0.3, 0.4) is 0 Å². The molecule has 0 unspecified atom stereocenters. The summed E-state index contributed by atoms with van der Waals surface area (Å²) in [6.45, 7) is 6.34. The highest BCUT2D eigenvalue weighted by Gasteiger charge is 2.22. The molecule has 2 N–H and O–H groups in total. The standard InChI is InChI=1S/C10H15BrN2.ClH/c1-10(2,3)9(12)8-5-4-7(11)6-13-8;/h4-6,9H,12H2,1-3H3;1H/t9-;/m1./s1. The molecule has 0 aliphatic rings. The van der Waals surface area contributed by atoms with E-state index in [4.69, 9.17) is 5.73 Å². The van der Waals surface area contributed by atoms with Gasteiger partial charge in [0, 0.05) is 10.7 Å². The van der Waals surface area contributed by atoms with Crippen LogP contribution in [0.5, 0.6) is 0 Å². The summed E-state index contributed by atoms with van der Waals surface area (Å²) in [6.07, 6.45) is 1.78. The maximum Gasteiger partial charge on any atom is 0.0577 e. The summed E-state index contributed by atoms with van der Waals surface area (Å²) < 4.78 is 0.984. The summed E-state index contributed by atoms with van der Waals surface area (Å²) in [6, 6.07) is 3.91. The molecule has 0 radical (unpaired) electrons. The number of halogens is 2. The molecule has 80 valence electrons. The second-order valence-electron chi connectivity index (χ2n) is 4.24. The van der Waals surface area contributed by atoms with Crippen molar-refractivity contribution in [2.45, 2.75) is 26.8 Å². The number of nitrogens with two attached hydrogens (primary N) is 1. The van der Waals surface area contributed by atoms with E-state index in [1.807, 2.05) is 12.1 Å². The lowest BCUT2D eigenvalue weighted by atomic mass is 9.85. The van der Waals surface area contributed by atoms with Gasteiger partial charge in [0.05, 0.1) is 11.7 Å². The van der Waals surface area contributed by atoms with E-state index in [1.165, 1.54) is 0 Å². The first-order valence-electron chi connectivity index (χ1n) is 4.28. The molecule has 0 aliphatic heterocycles. The fourth-order valence-corrected chi connectivity index (χ4v) is 1.25. The molecule has 0 spiro atoms. The van der Waals surface area contributed by atoms with Gasteiger partial charge < -0.3 is 5.73 Å². The van der Waals surface area contributed by atoms with E-state index in [0.29, 0.717) is 0 Å². The van der Waals surface area contributed by atoms with Gasteiger partial charge in [-0.25, -0.2) is 0 Å². The monoisotopic (exact) mass is 278 g/mol. The van der Waals surface area contributed by atoms with Crippen LogP contribution < -0.4 is 5.73 Å². The van der Waals surface area contributed by atoms with Crippen LogP contribution in [0, 0.1) is 5.41 Å². The molecule has 0 aromatic carbocycles. The Balaban J connectivity index is 0.00000169. The van der Waals surface area contributed by atoms with Crippen LogP contribution in [0.2, 0.25) is 0 Å². The molecule has 0 bridgehead atoms. The first-order valence-corrected chi connectivity index (χ1v) is 5.07. The maximum atomic E-state index is 6.04. The predicted octanol–water partition coefficient (Wildman–Crippen LogP) is 3.31. The molecule has 1 rings (SSSR count). The molecule has 1 atom stereocenters. The van der Waals surface area contributed by atoms with E-state index in [1.54, 1.807) is 6.20 Å². The molecule has 2 nitrogen and oxygen atoms in total. The smallest absolute Gasteiger partial charge is 0.0577 e. The van der Waals surface area contributed by atoms with Crippen molar-refractivity contribution in [3.05, 3.63) is 28.5 Å². The van der Waals surface area contributed by atoms with Gasteiger partial charge in [-0.1, -0.05) is 20.8 Å². The highest BCUT2D eigenvalue weighted by molar-refractivity contribution is 9.10. The zero-order valence-electron chi connectivity index (χ0n) is 8.62. The second-order valence-corrected chi connectivity index (χ2v) is 5.16. The third kappa shape index (κ3) is 3.56.